The average molecular weight is 307 g/mol. The van der Waals surface area contributed by atoms with Crippen LogP contribution in [0.25, 0.3) is 0 Å². The van der Waals surface area contributed by atoms with E-state index in [9.17, 15) is 4.79 Å². The van der Waals surface area contributed by atoms with E-state index in [0.717, 1.165) is 44.1 Å². The number of likely N-dealkylation sites (tertiary alicyclic amines) is 1. The fraction of sp³-hybridized carbons (Fsp3) is 0.765. The molecule has 22 heavy (non-hydrogen) atoms. The minimum atomic E-state index is -0.406. The van der Waals surface area contributed by atoms with E-state index in [2.05, 4.69) is 15.7 Å². The van der Waals surface area contributed by atoms with Gasteiger partial charge < -0.3 is 14.2 Å². The highest BCUT2D eigenvalue weighted by molar-refractivity contribution is 5.68. The van der Waals surface area contributed by atoms with E-state index >= 15 is 0 Å². The van der Waals surface area contributed by atoms with Gasteiger partial charge in [0.15, 0.2) is 0 Å². The van der Waals surface area contributed by atoms with Crippen molar-refractivity contribution in [3.8, 4) is 0 Å². The number of piperidine rings is 1. The summed E-state index contributed by atoms with van der Waals surface area (Å²) in [6.45, 7) is 10.4. The van der Waals surface area contributed by atoms with Crippen LogP contribution in [0.1, 0.15) is 52.1 Å². The maximum absolute atomic E-state index is 12.0. The van der Waals surface area contributed by atoms with Gasteiger partial charge in [0.1, 0.15) is 5.60 Å². The van der Waals surface area contributed by atoms with Crippen LogP contribution >= 0.6 is 0 Å². The minimum absolute atomic E-state index is 0.167. The number of carbonyl (C=O) groups excluding carboxylic acids is 1. The molecule has 0 saturated carbocycles. The Hall–Kier alpha value is -1.52. The highest BCUT2D eigenvalue weighted by Gasteiger charge is 2.26. The second kappa shape index (κ2) is 7.16. The molecule has 1 saturated heterocycles. The first-order valence-corrected chi connectivity index (χ1v) is 8.30. The molecular weight excluding hydrogens is 278 g/mol. The Balaban J connectivity index is 1.65. The van der Waals surface area contributed by atoms with Gasteiger partial charge in [0, 0.05) is 25.8 Å². The molecule has 0 atom stereocenters. The monoisotopic (exact) mass is 307 g/mol. The van der Waals surface area contributed by atoms with Crippen molar-refractivity contribution < 1.29 is 9.53 Å². The molecule has 1 fully saturated rings. The van der Waals surface area contributed by atoms with Crippen molar-refractivity contribution in [2.45, 2.75) is 65.5 Å². The number of aryl methyl sites for hydroxylation is 2. The Bertz CT molecular complexity index is 482. The van der Waals surface area contributed by atoms with E-state index in [0.29, 0.717) is 0 Å². The molecule has 0 N–H and O–H groups in total. The van der Waals surface area contributed by atoms with Crippen LogP contribution in [0.5, 0.6) is 0 Å². The third-order valence-electron chi connectivity index (χ3n) is 4.06. The first kappa shape index (κ1) is 16.8. The molecule has 0 bridgehead atoms. The van der Waals surface area contributed by atoms with Gasteiger partial charge in [-0.1, -0.05) is 0 Å². The van der Waals surface area contributed by atoms with Crippen molar-refractivity contribution >= 4 is 6.09 Å². The zero-order valence-electron chi connectivity index (χ0n) is 14.3. The topological polar surface area (TPSA) is 47.4 Å². The third kappa shape index (κ3) is 5.35. The Morgan fingerprint density at radius 1 is 1.36 bits per heavy atom. The Morgan fingerprint density at radius 3 is 2.59 bits per heavy atom. The van der Waals surface area contributed by atoms with E-state index in [-0.39, 0.29) is 6.09 Å². The number of aromatic nitrogens is 2. The minimum Gasteiger partial charge on any atom is -0.444 e. The molecule has 0 aliphatic carbocycles. The molecule has 0 radical (unpaired) electrons. The van der Waals surface area contributed by atoms with Gasteiger partial charge in [-0.3, -0.25) is 0 Å². The van der Waals surface area contributed by atoms with Gasteiger partial charge in [0.25, 0.3) is 0 Å². The number of hydrogen-bond donors (Lipinski definition) is 0. The molecule has 1 aromatic rings. The summed E-state index contributed by atoms with van der Waals surface area (Å²) in [4.78, 5) is 18.1. The summed E-state index contributed by atoms with van der Waals surface area (Å²) in [5, 5.41) is 0. The van der Waals surface area contributed by atoms with E-state index < -0.39 is 5.60 Å². The third-order valence-corrected chi connectivity index (χ3v) is 4.06. The standard InChI is InChI=1S/C17H29N3O2/c1-14-12-19(13-18-14)9-5-6-15-7-10-20(11-8-15)16(21)22-17(2,3)4/h12-13,15H,5-11H2,1-4H3. The number of rotatable bonds is 4. The van der Waals surface area contributed by atoms with Crippen LogP contribution in [0, 0.1) is 12.8 Å². The smallest absolute Gasteiger partial charge is 0.410 e. The predicted octanol–water partition coefficient (Wildman–Crippen LogP) is 3.62. The van der Waals surface area contributed by atoms with Gasteiger partial charge in [0.05, 0.1) is 12.0 Å². The van der Waals surface area contributed by atoms with Crippen molar-refractivity contribution in [1.82, 2.24) is 14.5 Å². The summed E-state index contributed by atoms with van der Waals surface area (Å²) < 4.78 is 7.59. The van der Waals surface area contributed by atoms with E-state index in [1.54, 1.807) is 0 Å². The van der Waals surface area contributed by atoms with Crippen LogP contribution in [0.4, 0.5) is 4.79 Å². The highest BCUT2D eigenvalue weighted by atomic mass is 16.6. The molecule has 1 aromatic heterocycles. The largest absolute Gasteiger partial charge is 0.444 e. The molecule has 1 aliphatic heterocycles. The average Bonchev–Trinajstić information content (AvgIpc) is 2.83. The normalized spacial score (nSPS) is 16.8. The second-order valence-corrected chi connectivity index (χ2v) is 7.31. The zero-order chi connectivity index (χ0) is 16.2. The van der Waals surface area contributed by atoms with E-state index in [4.69, 9.17) is 4.74 Å². The van der Waals surface area contributed by atoms with Gasteiger partial charge in [-0.05, 0) is 59.3 Å². The number of nitrogens with zero attached hydrogens (tertiary/aromatic N) is 3. The molecule has 0 aromatic carbocycles. The molecule has 5 heteroatoms. The summed E-state index contributed by atoms with van der Waals surface area (Å²) in [5.74, 6) is 0.725. The van der Waals surface area contributed by atoms with Crippen LogP contribution in [0.2, 0.25) is 0 Å². The Labute approximate surface area is 133 Å². The fourth-order valence-electron chi connectivity index (χ4n) is 2.89. The predicted molar refractivity (Wildman–Crippen MR) is 86.7 cm³/mol. The zero-order valence-corrected chi connectivity index (χ0v) is 14.3. The lowest BCUT2D eigenvalue weighted by Crippen LogP contribution is -2.41. The second-order valence-electron chi connectivity index (χ2n) is 7.31. The SMILES string of the molecule is Cc1cn(CCCC2CCN(C(=O)OC(C)(C)C)CC2)cn1. The van der Waals surface area contributed by atoms with E-state index in [1.807, 2.05) is 38.9 Å². The molecule has 0 unspecified atom stereocenters. The lowest BCUT2D eigenvalue weighted by molar-refractivity contribution is 0.0180. The van der Waals surface area contributed by atoms with Gasteiger partial charge in [0.2, 0.25) is 0 Å². The lowest BCUT2D eigenvalue weighted by atomic mass is 9.92. The molecular formula is C17H29N3O2. The van der Waals surface area contributed by atoms with Gasteiger partial charge in [-0.25, -0.2) is 9.78 Å². The number of ether oxygens (including phenoxy) is 1. The number of hydrogen-bond acceptors (Lipinski definition) is 3. The van der Waals surface area contributed by atoms with Crippen LogP contribution in [-0.2, 0) is 11.3 Å². The fourth-order valence-corrected chi connectivity index (χ4v) is 2.89. The summed E-state index contributed by atoms with van der Waals surface area (Å²) in [6.07, 6.45) is 8.39. The molecule has 124 valence electrons. The number of amides is 1. The van der Waals surface area contributed by atoms with Crippen molar-refractivity contribution in [3.63, 3.8) is 0 Å². The van der Waals surface area contributed by atoms with Gasteiger partial charge in [-0.15, -0.1) is 0 Å². The molecule has 2 heterocycles. The van der Waals surface area contributed by atoms with Crippen molar-refractivity contribution in [1.29, 1.82) is 0 Å². The van der Waals surface area contributed by atoms with Gasteiger partial charge >= 0.3 is 6.09 Å². The molecule has 1 amide bonds. The van der Waals surface area contributed by atoms with Crippen LogP contribution in [0.3, 0.4) is 0 Å². The van der Waals surface area contributed by atoms with Crippen molar-refractivity contribution in [2.75, 3.05) is 13.1 Å². The number of carbonyl (C=O) groups is 1. The molecule has 1 aliphatic rings. The quantitative estimate of drug-likeness (QED) is 0.853. The summed E-state index contributed by atoms with van der Waals surface area (Å²) in [7, 11) is 0. The lowest BCUT2D eigenvalue weighted by Gasteiger charge is -2.33. The molecule has 5 nitrogen and oxygen atoms in total. The number of imidazole rings is 1. The Kier molecular flexibility index (Phi) is 5.48. The summed E-state index contributed by atoms with van der Waals surface area (Å²) in [6, 6.07) is 0. The van der Waals surface area contributed by atoms with Crippen LogP contribution in [0.15, 0.2) is 12.5 Å². The van der Waals surface area contributed by atoms with Crippen LogP contribution < -0.4 is 0 Å². The first-order chi connectivity index (χ1) is 10.3. The van der Waals surface area contributed by atoms with Crippen LogP contribution in [-0.4, -0.2) is 39.2 Å². The molecule has 0 spiro atoms. The van der Waals surface area contributed by atoms with Crippen molar-refractivity contribution in [2.24, 2.45) is 5.92 Å². The van der Waals surface area contributed by atoms with Crippen molar-refractivity contribution in [3.05, 3.63) is 18.2 Å². The molecule has 2 rings (SSSR count). The van der Waals surface area contributed by atoms with Gasteiger partial charge in [-0.2, -0.15) is 0 Å². The maximum atomic E-state index is 12.0. The Morgan fingerprint density at radius 2 is 2.05 bits per heavy atom. The highest BCUT2D eigenvalue weighted by Crippen LogP contribution is 2.23. The van der Waals surface area contributed by atoms with E-state index in [1.165, 1.54) is 12.8 Å². The maximum Gasteiger partial charge on any atom is 0.410 e. The first-order valence-electron chi connectivity index (χ1n) is 8.30. The summed E-state index contributed by atoms with van der Waals surface area (Å²) >= 11 is 0. The summed E-state index contributed by atoms with van der Waals surface area (Å²) in [5.41, 5.74) is 0.669.